The molecule has 11 nitrogen and oxygen atoms in total. The molecule has 2 aromatic carbocycles. The molecular formula is C27H31F2N7O4. The average molecular weight is 556 g/mol. The zero-order valence-corrected chi connectivity index (χ0v) is 22.4. The Labute approximate surface area is 229 Å². The molecular weight excluding hydrogens is 524 g/mol. The van der Waals surface area contributed by atoms with Gasteiger partial charge in [0.25, 0.3) is 0 Å². The Kier molecular flexibility index (Phi) is 9.07. The molecule has 0 bridgehead atoms. The highest BCUT2D eigenvalue weighted by Crippen LogP contribution is 2.32. The maximum atomic E-state index is 13.8. The van der Waals surface area contributed by atoms with Crippen LogP contribution in [0.15, 0.2) is 48.9 Å². The van der Waals surface area contributed by atoms with Crippen molar-refractivity contribution >= 4 is 34.1 Å². The van der Waals surface area contributed by atoms with E-state index in [1.165, 1.54) is 23.0 Å². The minimum Gasteiger partial charge on any atom is -0.493 e. The van der Waals surface area contributed by atoms with Crippen LogP contribution in [0, 0.1) is 17.0 Å². The number of aliphatic hydroxyl groups is 1. The number of hydrogen-bond acceptors (Lipinski definition) is 9. The van der Waals surface area contributed by atoms with Crippen molar-refractivity contribution in [2.75, 3.05) is 44.0 Å². The maximum Gasteiger partial charge on any atom is 0.246 e. The number of fused-ring (bicyclic) bond motifs is 1. The van der Waals surface area contributed by atoms with Crippen LogP contribution in [0.3, 0.4) is 0 Å². The van der Waals surface area contributed by atoms with E-state index in [4.69, 9.17) is 9.47 Å². The van der Waals surface area contributed by atoms with Gasteiger partial charge in [-0.3, -0.25) is 9.48 Å². The lowest BCUT2D eigenvalue weighted by Crippen LogP contribution is -2.34. The molecule has 2 aromatic heterocycles. The summed E-state index contributed by atoms with van der Waals surface area (Å²) in [5, 5.41) is 22.9. The van der Waals surface area contributed by atoms with Crippen LogP contribution in [0.1, 0.15) is 13.8 Å². The van der Waals surface area contributed by atoms with E-state index in [0.29, 0.717) is 48.3 Å². The number of anilines is 3. The average Bonchev–Trinajstić information content (AvgIpc) is 3.36. The standard InChI is InChI=1S/C27H31F2N7O4/c1-27(2,16-37)15-30-7-8-40-23-10-21-17(9-22(23)39-3)11-31-26(35-21)33-18-12-32-36(13-18)14-24(38)34-20-6-4-5-19(28)25(20)29/h4-6,9-13,30,37H,7-8,14-16H2,1-3H3,(H,34,38)(H,31,33,35). The number of aliphatic hydroxyl groups excluding tert-OH is 1. The number of ether oxygens (including phenoxy) is 2. The van der Waals surface area contributed by atoms with Crippen LogP contribution in [0.4, 0.5) is 26.1 Å². The highest BCUT2D eigenvalue weighted by molar-refractivity contribution is 5.90. The van der Waals surface area contributed by atoms with E-state index in [0.717, 1.165) is 11.5 Å². The summed E-state index contributed by atoms with van der Waals surface area (Å²) in [5.41, 5.74) is 0.672. The number of nitrogens with one attached hydrogen (secondary N) is 3. The Hall–Kier alpha value is -4.36. The summed E-state index contributed by atoms with van der Waals surface area (Å²) in [5.74, 6) is -1.39. The zero-order valence-electron chi connectivity index (χ0n) is 22.4. The van der Waals surface area contributed by atoms with Gasteiger partial charge in [0.1, 0.15) is 13.2 Å². The normalized spacial score (nSPS) is 11.4. The molecule has 0 aliphatic carbocycles. The molecule has 0 unspecified atom stereocenters. The Morgan fingerprint density at radius 2 is 2.00 bits per heavy atom. The number of benzene rings is 2. The molecule has 4 aromatic rings. The third kappa shape index (κ3) is 7.39. The minimum absolute atomic E-state index is 0.0866. The summed E-state index contributed by atoms with van der Waals surface area (Å²) in [4.78, 5) is 21.1. The molecule has 0 fully saturated rings. The molecule has 0 aliphatic rings. The Balaban J connectivity index is 1.38. The number of carbonyl (C=O) groups excluding carboxylic acids is 1. The van der Waals surface area contributed by atoms with E-state index in [9.17, 15) is 18.7 Å². The van der Waals surface area contributed by atoms with Crippen molar-refractivity contribution in [1.29, 1.82) is 0 Å². The number of rotatable bonds is 13. The van der Waals surface area contributed by atoms with Gasteiger partial charge in [-0.15, -0.1) is 0 Å². The molecule has 4 rings (SSSR count). The molecule has 1 amide bonds. The van der Waals surface area contributed by atoms with Crippen LogP contribution in [-0.2, 0) is 11.3 Å². The zero-order chi connectivity index (χ0) is 28.7. The first kappa shape index (κ1) is 28.6. The van der Waals surface area contributed by atoms with Crippen LogP contribution in [0.2, 0.25) is 0 Å². The molecule has 0 saturated heterocycles. The quantitative estimate of drug-likeness (QED) is 0.183. The summed E-state index contributed by atoms with van der Waals surface area (Å²) in [6.07, 6.45) is 4.68. The molecule has 0 atom stereocenters. The van der Waals surface area contributed by atoms with E-state index in [1.54, 1.807) is 31.6 Å². The number of amides is 1. The van der Waals surface area contributed by atoms with Crippen molar-refractivity contribution in [3.8, 4) is 11.5 Å². The topological polar surface area (TPSA) is 135 Å². The summed E-state index contributed by atoms with van der Waals surface area (Å²) >= 11 is 0. The number of aromatic nitrogens is 4. The van der Waals surface area contributed by atoms with Gasteiger partial charge in [-0.25, -0.2) is 18.7 Å². The van der Waals surface area contributed by atoms with E-state index >= 15 is 0 Å². The van der Waals surface area contributed by atoms with Gasteiger partial charge in [-0.1, -0.05) is 19.9 Å². The van der Waals surface area contributed by atoms with Crippen molar-refractivity contribution in [2.24, 2.45) is 5.41 Å². The van der Waals surface area contributed by atoms with Gasteiger partial charge >= 0.3 is 0 Å². The predicted molar refractivity (Wildman–Crippen MR) is 146 cm³/mol. The lowest BCUT2D eigenvalue weighted by Gasteiger charge is -2.22. The highest BCUT2D eigenvalue weighted by Gasteiger charge is 2.16. The van der Waals surface area contributed by atoms with E-state index in [-0.39, 0.29) is 24.3 Å². The SMILES string of the molecule is COc1cc2cnc(Nc3cnn(CC(=O)Nc4cccc(F)c4F)c3)nc2cc1OCCNCC(C)(C)CO. The summed E-state index contributed by atoms with van der Waals surface area (Å²) in [6, 6.07) is 7.09. The molecule has 0 aliphatic heterocycles. The van der Waals surface area contributed by atoms with Crippen molar-refractivity contribution in [3.05, 3.63) is 60.6 Å². The molecule has 40 heavy (non-hydrogen) atoms. The molecule has 2 heterocycles. The molecule has 212 valence electrons. The molecule has 0 spiro atoms. The summed E-state index contributed by atoms with van der Waals surface area (Å²) in [6.45, 7) is 5.43. The van der Waals surface area contributed by atoms with Crippen molar-refractivity contribution in [1.82, 2.24) is 25.1 Å². The molecule has 0 radical (unpaired) electrons. The number of methoxy groups -OCH3 is 1. The summed E-state index contributed by atoms with van der Waals surface area (Å²) in [7, 11) is 1.55. The first-order valence-corrected chi connectivity index (χ1v) is 12.5. The van der Waals surface area contributed by atoms with E-state index < -0.39 is 17.5 Å². The minimum atomic E-state index is -1.13. The molecule has 4 N–H and O–H groups in total. The smallest absolute Gasteiger partial charge is 0.246 e. The largest absolute Gasteiger partial charge is 0.493 e. The Bertz CT molecular complexity index is 1480. The van der Waals surface area contributed by atoms with Crippen molar-refractivity contribution in [2.45, 2.75) is 20.4 Å². The van der Waals surface area contributed by atoms with Crippen LogP contribution in [0.25, 0.3) is 10.9 Å². The van der Waals surface area contributed by atoms with Gasteiger partial charge in [-0.05, 0) is 18.2 Å². The number of nitrogens with zero attached hydrogens (tertiary/aromatic N) is 4. The monoisotopic (exact) mass is 555 g/mol. The van der Waals surface area contributed by atoms with Crippen LogP contribution < -0.4 is 25.4 Å². The second kappa shape index (κ2) is 12.7. The Morgan fingerprint density at radius 3 is 2.77 bits per heavy atom. The van der Waals surface area contributed by atoms with Crippen LogP contribution >= 0.6 is 0 Å². The van der Waals surface area contributed by atoms with Crippen molar-refractivity contribution < 1.29 is 28.2 Å². The van der Waals surface area contributed by atoms with E-state index in [2.05, 4.69) is 31.0 Å². The highest BCUT2D eigenvalue weighted by atomic mass is 19.2. The van der Waals surface area contributed by atoms with Crippen LogP contribution in [-0.4, -0.2) is 64.2 Å². The van der Waals surface area contributed by atoms with Gasteiger partial charge in [0, 0.05) is 49.0 Å². The fraction of sp³-hybridized carbons (Fsp3) is 0.333. The number of hydrogen-bond donors (Lipinski definition) is 4. The van der Waals surface area contributed by atoms with Gasteiger partial charge in [0.05, 0.1) is 30.2 Å². The molecule has 13 heteroatoms. The van der Waals surface area contributed by atoms with Gasteiger partial charge in [0.15, 0.2) is 23.1 Å². The third-order valence-corrected chi connectivity index (χ3v) is 5.85. The second-order valence-electron chi connectivity index (χ2n) is 9.80. The second-order valence-corrected chi connectivity index (χ2v) is 9.80. The fourth-order valence-corrected chi connectivity index (χ4v) is 3.67. The van der Waals surface area contributed by atoms with Gasteiger partial charge < -0.3 is 30.5 Å². The number of carbonyl (C=O) groups is 1. The third-order valence-electron chi connectivity index (χ3n) is 5.85. The van der Waals surface area contributed by atoms with Gasteiger partial charge in [0.2, 0.25) is 11.9 Å². The maximum absolute atomic E-state index is 13.8. The molecule has 0 saturated carbocycles. The van der Waals surface area contributed by atoms with Gasteiger partial charge in [-0.2, -0.15) is 5.10 Å². The van der Waals surface area contributed by atoms with Crippen LogP contribution in [0.5, 0.6) is 11.5 Å². The number of halogens is 2. The van der Waals surface area contributed by atoms with E-state index in [1.807, 2.05) is 13.8 Å². The fourth-order valence-electron chi connectivity index (χ4n) is 3.67. The van der Waals surface area contributed by atoms with Crippen molar-refractivity contribution in [3.63, 3.8) is 0 Å². The predicted octanol–water partition coefficient (Wildman–Crippen LogP) is 3.48. The first-order chi connectivity index (χ1) is 19.2. The summed E-state index contributed by atoms with van der Waals surface area (Å²) < 4.78 is 39.9. The lowest BCUT2D eigenvalue weighted by molar-refractivity contribution is -0.116. The Morgan fingerprint density at radius 1 is 1.18 bits per heavy atom. The lowest BCUT2D eigenvalue weighted by atomic mass is 9.95. The first-order valence-electron chi connectivity index (χ1n) is 12.5.